The van der Waals surface area contributed by atoms with E-state index in [0.717, 1.165) is 0 Å². The van der Waals surface area contributed by atoms with Crippen LogP contribution in [0.4, 0.5) is 0 Å². The van der Waals surface area contributed by atoms with E-state index in [4.69, 9.17) is 14.7 Å². The molecule has 0 aromatic heterocycles. The number of carbonyl (C=O) groups excluding carboxylic acids is 2. The lowest BCUT2D eigenvalue weighted by Crippen LogP contribution is -2.32. The van der Waals surface area contributed by atoms with Crippen LogP contribution in [0.15, 0.2) is 24.3 Å². The van der Waals surface area contributed by atoms with Gasteiger partial charge in [0.15, 0.2) is 6.61 Å². The quantitative estimate of drug-likeness (QED) is 0.713. The lowest BCUT2D eigenvalue weighted by atomic mass is 10.2. The maximum absolute atomic E-state index is 11.7. The third kappa shape index (κ3) is 5.53. The molecule has 0 heterocycles. The Kier molecular flexibility index (Phi) is 6.75. The fourth-order valence-electron chi connectivity index (χ4n) is 1.50. The fourth-order valence-corrected chi connectivity index (χ4v) is 1.50. The molecule has 0 aliphatic heterocycles. The van der Waals surface area contributed by atoms with Gasteiger partial charge in [0.1, 0.15) is 5.75 Å². The zero-order valence-electron chi connectivity index (χ0n) is 12.2. The van der Waals surface area contributed by atoms with Gasteiger partial charge in [-0.05, 0) is 31.2 Å². The number of amides is 1. The molecule has 0 bridgehead atoms. The lowest BCUT2D eigenvalue weighted by molar-refractivity contribution is -0.131. The molecule has 6 heteroatoms. The molecule has 0 saturated heterocycles. The number of carbonyl (C=O) groups is 2. The van der Waals surface area contributed by atoms with E-state index in [0.29, 0.717) is 24.5 Å². The highest BCUT2D eigenvalue weighted by molar-refractivity contribution is 5.89. The van der Waals surface area contributed by atoms with Gasteiger partial charge in [-0.15, -0.1) is 0 Å². The summed E-state index contributed by atoms with van der Waals surface area (Å²) in [7, 11) is 1.62. The van der Waals surface area contributed by atoms with E-state index in [-0.39, 0.29) is 18.9 Å². The SMILES string of the molecule is CCOC(=O)c1ccc(OCC(=O)N(C)CCC#N)cc1. The Morgan fingerprint density at radius 2 is 1.95 bits per heavy atom. The molecule has 1 aromatic carbocycles. The summed E-state index contributed by atoms with van der Waals surface area (Å²) in [5.74, 6) is -0.110. The Morgan fingerprint density at radius 3 is 2.52 bits per heavy atom. The molecular formula is C15H18N2O4. The molecule has 0 aliphatic carbocycles. The summed E-state index contributed by atoms with van der Waals surface area (Å²) in [6.07, 6.45) is 0.288. The number of hydrogen-bond acceptors (Lipinski definition) is 5. The minimum absolute atomic E-state index is 0.110. The summed E-state index contributed by atoms with van der Waals surface area (Å²) < 4.78 is 10.2. The highest BCUT2D eigenvalue weighted by Gasteiger charge is 2.10. The smallest absolute Gasteiger partial charge is 0.338 e. The van der Waals surface area contributed by atoms with Gasteiger partial charge in [0.2, 0.25) is 0 Å². The number of esters is 1. The monoisotopic (exact) mass is 290 g/mol. The molecule has 0 aliphatic rings. The van der Waals surface area contributed by atoms with Crippen molar-refractivity contribution >= 4 is 11.9 Å². The fraction of sp³-hybridized carbons (Fsp3) is 0.400. The van der Waals surface area contributed by atoms with Gasteiger partial charge in [-0.25, -0.2) is 4.79 Å². The van der Waals surface area contributed by atoms with Crippen LogP contribution >= 0.6 is 0 Å². The summed E-state index contributed by atoms with van der Waals surface area (Å²) in [6.45, 7) is 2.32. The van der Waals surface area contributed by atoms with Gasteiger partial charge < -0.3 is 14.4 Å². The number of benzene rings is 1. The number of nitriles is 1. The second kappa shape index (κ2) is 8.59. The number of hydrogen-bond donors (Lipinski definition) is 0. The third-order valence-electron chi connectivity index (χ3n) is 2.71. The predicted molar refractivity (Wildman–Crippen MR) is 75.8 cm³/mol. The molecule has 0 fully saturated rings. The molecular weight excluding hydrogens is 272 g/mol. The van der Waals surface area contributed by atoms with Crippen LogP contribution < -0.4 is 4.74 Å². The Labute approximate surface area is 123 Å². The highest BCUT2D eigenvalue weighted by Crippen LogP contribution is 2.13. The largest absolute Gasteiger partial charge is 0.484 e. The van der Waals surface area contributed by atoms with Gasteiger partial charge in [0.25, 0.3) is 5.91 Å². The van der Waals surface area contributed by atoms with E-state index in [9.17, 15) is 9.59 Å². The molecule has 0 atom stereocenters. The van der Waals surface area contributed by atoms with Gasteiger partial charge in [-0.3, -0.25) is 4.79 Å². The van der Waals surface area contributed by atoms with Gasteiger partial charge in [0.05, 0.1) is 24.7 Å². The van der Waals surface area contributed by atoms with Gasteiger partial charge >= 0.3 is 5.97 Å². The Morgan fingerprint density at radius 1 is 1.29 bits per heavy atom. The van der Waals surface area contributed by atoms with Crippen molar-refractivity contribution in [1.82, 2.24) is 4.90 Å². The van der Waals surface area contributed by atoms with Crippen molar-refractivity contribution in [3.63, 3.8) is 0 Å². The van der Waals surface area contributed by atoms with Crippen LogP contribution in [0.3, 0.4) is 0 Å². The maximum atomic E-state index is 11.7. The zero-order valence-corrected chi connectivity index (χ0v) is 12.2. The predicted octanol–water partition coefficient (Wildman–Crippen LogP) is 1.61. The summed E-state index contributed by atoms with van der Waals surface area (Å²) in [5.41, 5.74) is 0.432. The van der Waals surface area contributed by atoms with Gasteiger partial charge in [-0.1, -0.05) is 0 Å². The summed E-state index contributed by atoms with van der Waals surface area (Å²) in [6, 6.07) is 8.35. The normalized spacial score (nSPS) is 9.57. The van der Waals surface area contributed by atoms with Crippen molar-refractivity contribution in [1.29, 1.82) is 5.26 Å². The van der Waals surface area contributed by atoms with Crippen molar-refractivity contribution in [2.24, 2.45) is 0 Å². The number of rotatable bonds is 7. The first-order valence-corrected chi connectivity index (χ1v) is 6.59. The highest BCUT2D eigenvalue weighted by atomic mass is 16.5. The van der Waals surface area contributed by atoms with E-state index < -0.39 is 5.97 Å². The van der Waals surface area contributed by atoms with Crippen LogP contribution in [0, 0.1) is 11.3 Å². The second-order valence-corrected chi connectivity index (χ2v) is 4.26. The molecule has 0 radical (unpaired) electrons. The Balaban J connectivity index is 2.47. The molecule has 21 heavy (non-hydrogen) atoms. The average Bonchev–Trinajstić information content (AvgIpc) is 2.50. The lowest BCUT2D eigenvalue weighted by Gasteiger charge is -2.15. The van der Waals surface area contributed by atoms with Crippen molar-refractivity contribution in [2.75, 3.05) is 26.8 Å². The van der Waals surface area contributed by atoms with E-state index in [1.807, 2.05) is 6.07 Å². The summed E-state index contributed by atoms with van der Waals surface area (Å²) in [4.78, 5) is 24.6. The Hall–Kier alpha value is -2.55. The Bertz CT molecular complexity index is 519. The third-order valence-corrected chi connectivity index (χ3v) is 2.71. The van der Waals surface area contributed by atoms with E-state index >= 15 is 0 Å². The van der Waals surface area contributed by atoms with Crippen LogP contribution in [0.1, 0.15) is 23.7 Å². The minimum Gasteiger partial charge on any atom is -0.484 e. The van der Waals surface area contributed by atoms with Gasteiger partial charge in [-0.2, -0.15) is 5.26 Å². The van der Waals surface area contributed by atoms with Crippen LogP contribution in [0.25, 0.3) is 0 Å². The minimum atomic E-state index is -0.392. The van der Waals surface area contributed by atoms with Crippen molar-refractivity contribution in [2.45, 2.75) is 13.3 Å². The number of ether oxygens (including phenoxy) is 2. The van der Waals surface area contributed by atoms with Crippen LogP contribution in [-0.4, -0.2) is 43.6 Å². The van der Waals surface area contributed by atoms with E-state index in [2.05, 4.69) is 0 Å². The molecule has 0 spiro atoms. The first-order chi connectivity index (χ1) is 10.1. The standard InChI is InChI=1S/C15H18N2O4/c1-3-20-15(19)12-5-7-13(8-6-12)21-11-14(18)17(2)10-4-9-16/h5-8H,3-4,10-11H2,1-2H3. The molecule has 1 amide bonds. The van der Waals surface area contributed by atoms with E-state index in [1.54, 1.807) is 38.2 Å². The van der Waals surface area contributed by atoms with Crippen molar-refractivity contribution in [3.8, 4) is 11.8 Å². The molecule has 112 valence electrons. The first-order valence-electron chi connectivity index (χ1n) is 6.59. The summed E-state index contributed by atoms with van der Waals surface area (Å²) >= 11 is 0. The zero-order chi connectivity index (χ0) is 15.7. The van der Waals surface area contributed by atoms with Crippen LogP contribution in [-0.2, 0) is 9.53 Å². The average molecular weight is 290 g/mol. The van der Waals surface area contributed by atoms with Crippen LogP contribution in [0.2, 0.25) is 0 Å². The van der Waals surface area contributed by atoms with E-state index in [1.165, 1.54) is 4.90 Å². The molecule has 0 saturated carbocycles. The topological polar surface area (TPSA) is 79.6 Å². The molecule has 0 unspecified atom stereocenters. The van der Waals surface area contributed by atoms with Crippen LogP contribution in [0.5, 0.6) is 5.75 Å². The van der Waals surface area contributed by atoms with Gasteiger partial charge in [0, 0.05) is 13.6 Å². The second-order valence-electron chi connectivity index (χ2n) is 4.26. The molecule has 0 N–H and O–H groups in total. The molecule has 1 rings (SSSR count). The molecule has 1 aromatic rings. The first kappa shape index (κ1) is 16.5. The van der Waals surface area contributed by atoms with Crippen molar-refractivity contribution < 1.29 is 19.1 Å². The maximum Gasteiger partial charge on any atom is 0.338 e. The number of nitrogens with zero attached hydrogens (tertiary/aromatic N) is 2. The molecule has 6 nitrogen and oxygen atoms in total. The number of likely N-dealkylation sites (N-methyl/N-ethyl adjacent to an activating group) is 1. The van der Waals surface area contributed by atoms with Crippen molar-refractivity contribution in [3.05, 3.63) is 29.8 Å². The summed E-state index contributed by atoms with van der Waals surface area (Å²) in [5, 5.41) is 8.46.